The molecule has 1 heterocycles. The number of benzene rings is 1. The fraction of sp³-hybridized carbons (Fsp3) is 0.400. The van der Waals surface area contributed by atoms with Crippen LogP contribution in [0.15, 0.2) is 23.6 Å². The first kappa shape index (κ1) is 16.7. The van der Waals surface area contributed by atoms with Crippen LogP contribution in [-0.4, -0.2) is 4.98 Å². The highest BCUT2D eigenvalue weighted by Gasteiger charge is 2.19. The molecule has 1 unspecified atom stereocenters. The summed E-state index contributed by atoms with van der Waals surface area (Å²) in [5, 5.41) is 4.23. The van der Waals surface area contributed by atoms with Crippen molar-refractivity contribution in [2.75, 3.05) is 0 Å². The molecule has 0 saturated carbocycles. The normalized spacial score (nSPS) is 13.4. The number of rotatable bonds is 4. The summed E-state index contributed by atoms with van der Waals surface area (Å²) in [5.41, 5.74) is 4.99. The van der Waals surface area contributed by atoms with Crippen LogP contribution in [0.2, 0.25) is 10.0 Å². The molecule has 0 bridgehead atoms. The number of thiazole rings is 1. The zero-order chi connectivity index (χ0) is 15.6. The predicted octanol–water partition coefficient (Wildman–Crippen LogP) is 4.49. The van der Waals surface area contributed by atoms with Gasteiger partial charge in [0.1, 0.15) is 0 Å². The molecule has 1 aromatic carbocycles. The Balaban J connectivity index is 2.19. The van der Waals surface area contributed by atoms with Gasteiger partial charge in [-0.05, 0) is 17.7 Å². The Morgan fingerprint density at radius 1 is 1.29 bits per heavy atom. The summed E-state index contributed by atoms with van der Waals surface area (Å²) in [6.07, 6.45) is 0.717. The first-order chi connectivity index (χ1) is 9.81. The van der Waals surface area contributed by atoms with E-state index in [2.05, 4.69) is 31.6 Å². The molecule has 114 valence electrons. The van der Waals surface area contributed by atoms with Gasteiger partial charge >= 0.3 is 0 Å². The van der Waals surface area contributed by atoms with Crippen molar-refractivity contribution in [3.63, 3.8) is 0 Å². The van der Waals surface area contributed by atoms with Gasteiger partial charge in [-0.2, -0.15) is 0 Å². The summed E-state index contributed by atoms with van der Waals surface area (Å²) in [7, 11) is 0. The van der Waals surface area contributed by atoms with Crippen LogP contribution < -0.4 is 11.3 Å². The molecule has 0 amide bonds. The second kappa shape index (κ2) is 6.63. The summed E-state index contributed by atoms with van der Waals surface area (Å²) in [5.74, 6) is 5.68. The van der Waals surface area contributed by atoms with Crippen LogP contribution in [0.1, 0.15) is 43.1 Å². The first-order valence-electron chi connectivity index (χ1n) is 6.67. The monoisotopic (exact) mass is 343 g/mol. The van der Waals surface area contributed by atoms with Gasteiger partial charge in [0.15, 0.2) is 0 Å². The Labute approximate surface area is 139 Å². The van der Waals surface area contributed by atoms with Crippen molar-refractivity contribution in [2.24, 2.45) is 5.84 Å². The van der Waals surface area contributed by atoms with Crippen LogP contribution in [0.4, 0.5) is 0 Å². The fourth-order valence-electron chi connectivity index (χ4n) is 1.93. The van der Waals surface area contributed by atoms with E-state index < -0.39 is 0 Å². The predicted molar refractivity (Wildman–Crippen MR) is 91.0 cm³/mol. The minimum absolute atomic E-state index is 0.0428. The van der Waals surface area contributed by atoms with E-state index in [9.17, 15) is 0 Å². The van der Waals surface area contributed by atoms with Crippen LogP contribution in [0, 0.1) is 0 Å². The second-order valence-corrected chi connectivity index (χ2v) is 7.73. The molecule has 0 aliphatic rings. The number of nitrogens with zero attached hydrogens (tertiary/aromatic N) is 1. The fourth-order valence-corrected chi connectivity index (χ4v) is 3.30. The molecule has 3 nitrogen and oxygen atoms in total. The molecular formula is C15H19Cl2N3S. The van der Waals surface area contributed by atoms with E-state index in [0.29, 0.717) is 10.0 Å². The molecule has 0 saturated heterocycles. The molecular weight excluding hydrogens is 325 g/mol. The molecule has 2 aromatic rings. The molecule has 0 spiro atoms. The number of hydrazine groups is 1. The summed E-state index contributed by atoms with van der Waals surface area (Å²) < 4.78 is 0. The van der Waals surface area contributed by atoms with Gasteiger partial charge < -0.3 is 0 Å². The first-order valence-corrected chi connectivity index (χ1v) is 8.31. The maximum absolute atomic E-state index is 6.07. The van der Waals surface area contributed by atoms with Crippen molar-refractivity contribution in [2.45, 2.75) is 38.6 Å². The number of hydrogen-bond donors (Lipinski definition) is 2. The van der Waals surface area contributed by atoms with Crippen molar-refractivity contribution < 1.29 is 0 Å². The van der Waals surface area contributed by atoms with Crippen molar-refractivity contribution in [1.29, 1.82) is 0 Å². The van der Waals surface area contributed by atoms with Crippen LogP contribution in [-0.2, 0) is 11.8 Å². The second-order valence-electron chi connectivity index (χ2n) is 5.97. The molecule has 1 aromatic heterocycles. The Bertz CT molecular complexity index is 620. The topological polar surface area (TPSA) is 50.9 Å². The maximum atomic E-state index is 6.07. The summed E-state index contributed by atoms with van der Waals surface area (Å²) in [4.78, 5) is 4.70. The third kappa shape index (κ3) is 4.18. The summed E-state index contributed by atoms with van der Waals surface area (Å²) in [6, 6.07) is 5.51. The Kier molecular flexibility index (Phi) is 5.28. The number of hydrogen-bond acceptors (Lipinski definition) is 4. The van der Waals surface area contributed by atoms with Crippen LogP contribution in [0.5, 0.6) is 0 Å². The van der Waals surface area contributed by atoms with Crippen LogP contribution in [0.25, 0.3) is 0 Å². The van der Waals surface area contributed by atoms with Gasteiger partial charge in [0.2, 0.25) is 0 Å². The molecule has 2 rings (SSSR count). The third-order valence-corrected chi connectivity index (χ3v) is 4.86. The molecule has 0 fully saturated rings. The average Bonchev–Trinajstić information content (AvgIpc) is 2.88. The lowest BCUT2D eigenvalue weighted by molar-refractivity contribution is 0.541. The highest BCUT2D eigenvalue weighted by atomic mass is 35.5. The van der Waals surface area contributed by atoms with Gasteiger partial charge in [-0.3, -0.25) is 11.3 Å². The van der Waals surface area contributed by atoms with Gasteiger partial charge in [-0.25, -0.2) is 4.98 Å². The standard InChI is InChI=1S/C15H19Cl2N3S/c1-15(2,3)13-8-21-14(19-13)7-12(20-18)9-4-5-10(16)11(17)6-9/h4-6,8,12,20H,7,18H2,1-3H3. The van der Waals surface area contributed by atoms with Crippen LogP contribution in [0.3, 0.4) is 0 Å². The van der Waals surface area contributed by atoms with E-state index in [4.69, 9.17) is 34.0 Å². The van der Waals surface area contributed by atoms with Crippen molar-refractivity contribution >= 4 is 34.5 Å². The Morgan fingerprint density at radius 2 is 2.00 bits per heavy atom. The lowest BCUT2D eigenvalue weighted by Crippen LogP contribution is -2.29. The zero-order valence-corrected chi connectivity index (χ0v) is 14.6. The number of nitrogens with two attached hydrogens (primary N) is 1. The maximum Gasteiger partial charge on any atom is 0.0948 e. The number of halogens is 2. The summed E-state index contributed by atoms with van der Waals surface area (Å²) in [6.45, 7) is 6.47. The Morgan fingerprint density at radius 3 is 2.52 bits per heavy atom. The van der Waals surface area contributed by atoms with E-state index in [-0.39, 0.29) is 11.5 Å². The zero-order valence-electron chi connectivity index (χ0n) is 12.3. The largest absolute Gasteiger partial charge is 0.271 e. The average molecular weight is 344 g/mol. The highest BCUT2D eigenvalue weighted by molar-refractivity contribution is 7.09. The molecule has 21 heavy (non-hydrogen) atoms. The van der Waals surface area contributed by atoms with Gasteiger partial charge in [0.25, 0.3) is 0 Å². The SMILES string of the molecule is CC(C)(C)c1csc(CC(NN)c2ccc(Cl)c(Cl)c2)n1. The van der Waals surface area contributed by atoms with Gasteiger partial charge in [0, 0.05) is 17.2 Å². The van der Waals surface area contributed by atoms with E-state index >= 15 is 0 Å². The van der Waals surface area contributed by atoms with E-state index in [0.717, 1.165) is 22.7 Å². The van der Waals surface area contributed by atoms with E-state index in [1.165, 1.54) is 0 Å². The lowest BCUT2D eigenvalue weighted by atomic mass is 9.93. The van der Waals surface area contributed by atoms with Crippen molar-refractivity contribution in [3.05, 3.63) is 49.9 Å². The van der Waals surface area contributed by atoms with E-state index in [1.807, 2.05) is 12.1 Å². The molecule has 0 aliphatic carbocycles. The number of aromatic nitrogens is 1. The molecule has 0 radical (unpaired) electrons. The van der Waals surface area contributed by atoms with Crippen molar-refractivity contribution in [3.8, 4) is 0 Å². The molecule has 0 aliphatic heterocycles. The van der Waals surface area contributed by atoms with E-state index in [1.54, 1.807) is 17.4 Å². The van der Waals surface area contributed by atoms with Gasteiger partial charge in [-0.15, -0.1) is 11.3 Å². The summed E-state index contributed by atoms with van der Waals surface area (Å²) >= 11 is 13.7. The van der Waals surface area contributed by atoms with Gasteiger partial charge in [-0.1, -0.05) is 50.0 Å². The van der Waals surface area contributed by atoms with Gasteiger partial charge in [0.05, 0.1) is 26.8 Å². The molecule has 1 atom stereocenters. The minimum Gasteiger partial charge on any atom is -0.271 e. The lowest BCUT2D eigenvalue weighted by Gasteiger charge is -2.16. The quantitative estimate of drug-likeness (QED) is 0.634. The highest BCUT2D eigenvalue weighted by Crippen LogP contribution is 2.29. The third-order valence-electron chi connectivity index (χ3n) is 3.25. The Hall–Kier alpha value is -0.650. The molecule has 3 N–H and O–H groups in total. The molecule has 6 heteroatoms. The van der Waals surface area contributed by atoms with Crippen LogP contribution >= 0.6 is 34.5 Å². The van der Waals surface area contributed by atoms with Crippen molar-refractivity contribution in [1.82, 2.24) is 10.4 Å². The smallest absolute Gasteiger partial charge is 0.0948 e. The number of nitrogens with one attached hydrogen (secondary N) is 1. The minimum atomic E-state index is -0.0428.